The maximum Gasteiger partial charge on any atom is 0.407 e. The SMILES string of the molecule is CC(OC(=O)NCCCC(N)C(N)=O)c1cc(CNC(=O)CCCCCNC(=O)CCCCC2C3C4CS243)ccc1[N+](=O)[O-]. The Morgan fingerprint density at radius 3 is 2.36 bits per heavy atom. The van der Waals surface area contributed by atoms with Crippen LogP contribution in [0, 0.1) is 10.1 Å². The number of nitrogens with two attached hydrogens (primary N) is 2. The highest BCUT2D eigenvalue weighted by Gasteiger charge is 2.93. The molecule has 1 spiro atoms. The quantitative estimate of drug-likeness (QED) is 0.0586. The molecule has 3 fully saturated rings. The van der Waals surface area contributed by atoms with Crippen LogP contribution >= 0.6 is 10.0 Å². The summed E-state index contributed by atoms with van der Waals surface area (Å²) in [5.74, 6) is 0.909. The van der Waals surface area contributed by atoms with E-state index in [-0.39, 0.29) is 46.2 Å². The van der Waals surface area contributed by atoms with Crippen molar-refractivity contribution in [2.75, 3.05) is 18.8 Å². The molecule has 6 unspecified atom stereocenters. The van der Waals surface area contributed by atoms with Gasteiger partial charge in [-0.05, 0) is 62.8 Å². The van der Waals surface area contributed by atoms with Gasteiger partial charge in [0.25, 0.3) is 5.69 Å². The van der Waals surface area contributed by atoms with E-state index in [2.05, 4.69) is 16.0 Å². The summed E-state index contributed by atoms with van der Waals surface area (Å²) < 4.78 is 5.32. The summed E-state index contributed by atoms with van der Waals surface area (Å²) in [6, 6.07) is 3.62. The number of hydrogen-bond donors (Lipinski definition) is 5. The summed E-state index contributed by atoms with van der Waals surface area (Å²) in [4.78, 5) is 58.5. The lowest BCUT2D eigenvalue weighted by Gasteiger charge is -2.16. The summed E-state index contributed by atoms with van der Waals surface area (Å²) in [5, 5.41) is 23.3. The topological polar surface area (TPSA) is 209 Å². The minimum Gasteiger partial charge on any atom is -0.441 e. The average molecular weight is 635 g/mol. The summed E-state index contributed by atoms with van der Waals surface area (Å²) in [5.41, 5.74) is 11.3. The second-order valence-electron chi connectivity index (χ2n) is 12.1. The first kappa shape index (κ1) is 33.5. The van der Waals surface area contributed by atoms with Crippen molar-refractivity contribution in [3.8, 4) is 0 Å². The monoisotopic (exact) mass is 634 g/mol. The number of rotatable bonds is 21. The predicted molar refractivity (Wildman–Crippen MR) is 168 cm³/mol. The fourth-order valence-corrected chi connectivity index (χ4v) is 11.4. The Balaban J connectivity index is 1.06. The largest absolute Gasteiger partial charge is 0.441 e. The van der Waals surface area contributed by atoms with Crippen molar-refractivity contribution in [2.24, 2.45) is 11.5 Å². The number of nitrogens with zero attached hydrogens (tertiary/aromatic N) is 1. The van der Waals surface area contributed by atoms with Gasteiger partial charge < -0.3 is 32.2 Å². The first-order valence-electron chi connectivity index (χ1n) is 15.6. The van der Waals surface area contributed by atoms with Crippen LogP contribution in [0.3, 0.4) is 0 Å². The van der Waals surface area contributed by atoms with E-state index >= 15 is 0 Å². The fraction of sp³-hybridized carbons (Fsp3) is 0.667. The van der Waals surface area contributed by atoms with Crippen molar-refractivity contribution >= 4 is 39.5 Å². The third-order valence-corrected chi connectivity index (χ3v) is 13.7. The Morgan fingerprint density at radius 1 is 1.02 bits per heavy atom. The number of alkyl carbamates (subject to hydrolysis) is 1. The molecule has 7 N–H and O–H groups in total. The first-order valence-corrected chi connectivity index (χ1v) is 17.6. The molecule has 6 atom stereocenters. The number of hydrogen-bond acceptors (Lipinski definition) is 8. The highest BCUT2D eigenvalue weighted by molar-refractivity contribution is 8.54. The standard InChI is InChI=1S/C30H46N6O7S/c1-19(43-30(40)34-15-7-8-22(31)29(32)39)21-16-20(12-13-23(21)36(41)42)17-35-27(38)10-3-2-6-14-33-26(37)11-5-4-9-24-28-25-18-44(24,25)28/h12-13,16,19,22,24-25,28H,2-11,14-15,17-18,31H2,1H3,(H2,32,39)(H,33,37)(H,34,40)(H,35,38). The molecule has 244 valence electrons. The van der Waals surface area contributed by atoms with Crippen LogP contribution in [0.15, 0.2) is 18.2 Å². The van der Waals surface area contributed by atoms with Crippen LogP contribution in [0.25, 0.3) is 0 Å². The van der Waals surface area contributed by atoms with E-state index in [1.54, 1.807) is 17.9 Å². The molecule has 3 saturated heterocycles. The van der Waals surface area contributed by atoms with Gasteiger partial charge in [0.15, 0.2) is 0 Å². The van der Waals surface area contributed by atoms with E-state index in [9.17, 15) is 29.3 Å². The number of fused-ring (bicyclic) bond motifs is 1. The molecule has 0 radical (unpaired) electrons. The Labute approximate surface area is 259 Å². The fourth-order valence-electron chi connectivity index (χ4n) is 6.07. The molecule has 4 rings (SSSR count). The molecule has 0 saturated carbocycles. The zero-order chi connectivity index (χ0) is 31.9. The maximum atomic E-state index is 12.3. The van der Waals surface area contributed by atoms with E-state index in [0.29, 0.717) is 44.2 Å². The van der Waals surface area contributed by atoms with Crippen LogP contribution < -0.4 is 27.4 Å². The zero-order valence-electron chi connectivity index (χ0n) is 25.4. The van der Waals surface area contributed by atoms with E-state index in [1.807, 2.05) is 0 Å². The highest BCUT2D eigenvalue weighted by atomic mass is 32.3. The van der Waals surface area contributed by atoms with Gasteiger partial charge in [0.2, 0.25) is 17.7 Å². The molecule has 3 aliphatic heterocycles. The number of carbonyl (C=O) groups excluding carboxylic acids is 4. The van der Waals surface area contributed by atoms with Crippen LogP contribution in [-0.4, -0.2) is 69.4 Å². The summed E-state index contributed by atoms with van der Waals surface area (Å²) in [7, 11) is 0.0285. The number of amides is 4. The van der Waals surface area contributed by atoms with Crippen molar-refractivity contribution in [2.45, 2.75) is 106 Å². The van der Waals surface area contributed by atoms with Gasteiger partial charge in [-0.25, -0.2) is 14.8 Å². The Morgan fingerprint density at radius 2 is 1.70 bits per heavy atom. The molecule has 1 aromatic rings. The minimum atomic E-state index is -0.932. The highest BCUT2D eigenvalue weighted by Crippen LogP contribution is 3.09. The van der Waals surface area contributed by atoms with E-state index in [0.717, 1.165) is 29.8 Å². The van der Waals surface area contributed by atoms with Gasteiger partial charge in [0.05, 0.1) is 16.5 Å². The number of nitrogens with one attached hydrogen (secondary N) is 3. The molecular weight excluding hydrogens is 588 g/mol. The van der Waals surface area contributed by atoms with Crippen molar-refractivity contribution < 1.29 is 28.8 Å². The Kier molecular flexibility index (Phi) is 11.5. The molecular formula is C30H46N6O7S. The smallest absolute Gasteiger partial charge is 0.407 e. The number of ether oxygens (including phenoxy) is 1. The molecule has 1 aromatic carbocycles. The predicted octanol–water partition coefficient (Wildman–Crippen LogP) is 2.78. The van der Waals surface area contributed by atoms with Crippen molar-refractivity contribution in [3.05, 3.63) is 39.4 Å². The van der Waals surface area contributed by atoms with Gasteiger partial charge >= 0.3 is 6.09 Å². The lowest BCUT2D eigenvalue weighted by molar-refractivity contribution is -0.386. The van der Waals surface area contributed by atoms with Crippen molar-refractivity contribution in [1.29, 1.82) is 0 Å². The first-order chi connectivity index (χ1) is 21.0. The molecule has 14 heteroatoms. The normalized spacial score (nSPS) is 24.7. The molecule has 4 amide bonds. The summed E-state index contributed by atoms with van der Waals surface area (Å²) >= 11 is 0. The zero-order valence-corrected chi connectivity index (χ0v) is 26.2. The lowest BCUT2D eigenvalue weighted by Crippen LogP contribution is -2.37. The Bertz CT molecular complexity index is 1250. The number of nitro groups is 1. The second-order valence-corrected chi connectivity index (χ2v) is 16.0. The number of benzene rings is 1. The second kappa shape index (κ2) is 15.1. The maximum absolute atomic E-state index is 12.3. The third kappa shape index (κ3) is 8.84. The van der Waals surface area contributed by atoms with Crippen LogP contribution in [0.5, 0.6) is 0 Å². The van der Waals surface area contributed by atoms with Gasteiger partial charge in [0, 0.05) is 54.3 Å². The van der Waals surface area contributed by atoms with Crippen LogP contribution in [0.2, 0.25) is 0 Å². The Hall–Kier alpha value is -3.39. The molecule has 3 heterocycles. The van der Waals surface area contributed by atoms with Crippen molar-refractivity contribution in [3.63, 3.8) is 0 Å². The van der Waals surface area contributed by atoms with Crippen LogP contribution in [0.4, 0.5) is 10.5 Å². The molecule has 0 aliphatic carbocycles. The number of primary amides is 1. The number of unbranched alkanes of at least 4 members (excludes halogenated alkanes) is 3. The molecule has 0 bridgehead atoms. The molecule has 44 heavy (non-hydrogen) atoms. The van der Waals surface area contributed by atoms with Gasteiger partial charge in [-0.2, -0.15) is 0 Å². The van der Waals surface area contributed by atoms with E-state index < -0.39 is 29.1 Å². The van der Waals surface area contributed by atoms with Crippen LogP contribution in [0.1, 0.15) is 88.4 Å². The number of carbonyl (C=O) groups is 4. The van der Waals surface area contributed by atoms with Gasteiger partial charge in [-0.1, -0.05) is 18.9 Å². The number of nitro benzene ring substituents is 1. The van der Waals surface area contributed by atoms with Crippen molar-refractivity contribution in [1.82, 2.24) is 16.0 Å². The molecule has 13 nitrogen and oxygen atoms in total. The minimum absolute atomic E-state index is 0.0285. The van der Waals surface area contributed by atoms with Gasteiger partial charge in [0.1, 0.15) is 6.10 Å². The summed E-state index contributed by atoms with van der Waals surface area (Å²) in [6.45, 7) is 2.50. The molecule has 0 aromatic heterocycles. The average Bonchev–Trinajstić information content (AvgIpc) is 3.92. The van der Waals surface area contributed by atoms with Gasteiger partial charge in [-0.15, -0.1) is 0 Å². The van der Waals surface area contributed by atoms with E-state index in [1.165, 1.54) is 31.1 Å². The van der Waals surface area contributed by atoms with Gasteiger partial charge in [-0.3, -0.25) is 24.5 Å². The third-order valence-electron chi connectivity index (χ3n) is 8.92. The van der Waals surface area contributed by atoms with E-state index in [4.69, 9.17) is 16.2 Å². The van der Waals surface area contributed by atoms with Crippen LogP contribution in [-0.2, 0) is 25.7 Å². The molecule has 3 aliphatic rings. The summed E-state index contributed by atoms with van der Waals surface area (Å²) in [6.07, 6.45) is 5.75. The lowest BCUT2D eigenvalue weighted by atomic mass is 10.0.